The van der Waals surface area contributed by atoms with Crippen molar-refractivity contribution in [3.63, 3.8) is 0 Å². The van der Waals surface area contributed by atoms with Crippen LogP contribution in [0.3, 0.4) is 0 Å². The first kappa shape index (κ1) is 14.6. The molecule has 1 heteroatoms. The van der Waals surface area contributed by atoms with E-state index in [9.17, 15) is 0 Å². The minimum Gasteiger partial charge on any atom is -0.316 e. The molecule has 1 aliphatic rings. The lowest BCUT2D eigenvalue weighted by molar-refractivity contribution is 0.201. The second-order valence-electron chi connectivity index (χ2n) is 7.01. The van der Waals surface area contributed by atoms with E-state index in [2.05, 4.69) is 58.3 Å². The number of aryl methyl sites for hydroxylation is 2. The average molecular weight is 259 g/mol. The predicted octanol–water partition coefficient (Wildman–Crippen LogP) is 4.26. The second kappa shape index (κ2) is 5.66. The Kier molecular flexibility index (Phi) is 4.35. The normalized spacial score (nSPS) is 23.5. The van der Waals surface area contributed by atoms with E-state index in [1.165, 1.54) is 36.0 Å². The molecule has 0 saturated heterocycles. The lowest BCUT2D eigenvalue weighted by Gasteiger charge is -2.34. The topological polar surface area (TPSA) is 12.0 Å². The lowest BCUT2D eigenvalue weighted by atomic mass is 9.76. The molecule has 1 saturated carbocycles. The van der Waals surface area contributed by atoms with E-state index < -0.39 is 0 Å². The summed E-state index contributed by atoms with van der Waals surface area (Å²) in [6.07, 6.45) is 5.31. The zero-order valence-electron chi connectivity index (χ0n) is 13.2. The molecule has 0 spiro atoms. The van der Waals surface area contributed by atoms with Gasteiger partial charge in [0.15, 0.2) is 0 Å². The van der Waals surface area contributed by atoms with Gasteiger partial charge in [-0.1, -0.05) is 38.5 Å². The van der Waals surface area contributed by atoms with Gasteiger partial charge in [-0.15, -0.1) is 0 Å². The average Bonchev–Trinajstić information content (AvgIpc) is 2.70. The van der Waals surface area contributed by atoms with Gasteiger partial charge < -0.3 is 5.32 Å². The molecule has 0 aliphatic heterocycles. The molecule has 1 nitrogen and oxygen atoms in total. The Balaban J connectivity index is 2.12. The molecular formula is C18H29N. The van der Waals surface area contributed by atoms with Crippen LogP contribution >= 0.6 is 0 Å². The summed E-state index contributed by atoms with van der Waals surface area (Å²) in [7, 11) is 2.13. The Morgan fingerprint density at radius 1 is 1.26 bits per heavy atom. The highest BCUT2D eigenvalue weighted by Crippen LogP contribution is 2.44. The van der Waals surface area contributed by atoms with E-state index in [-0.39, 0.29) is 0 Å². The summed E-state index contributed by atoms with van der Waals surface area (Å²) >= 11 is 0. The lowest BCUT2D eigenvalue weighted by Crippen LogP contribution is -2.40. The van der Waals surface area contributed by atoms with Gasteiger partial charge in [0.2, 0.25) is 0 Å². The van der Waals surface area contributed by atoms with Crippen molar-refractivity contribution in [1.29, 1.82) is 0 Å². The summed E-state index contributed by atoms with van der Waals surface area (Å²) in [6, 6.07) is 7.53. The van der Waals surface area contributed by atoms with Crippen molar-refractivity contribution >= 4 is 0 Å². The van der Waals surface area contributed by atoms with Crippen molar-refractivity contribution in [2.75, 3.05) is 7.05 Å². The highest BCUT2D eigenvalue weighted by molar-refractivity contribution is 5.30. The van der Waals surface area contributed by atoms with Crippen molar-refractivity contribution < 1.29 is 0 Å². The molecular weight excluding hydrogens is 230 g/mol. The molecule has 0 radical (unpaired) electrons. The van der Waals surface area contributed by atoms with Crippen molar-refractivity contribution in [3.8, 4) is 0 Å². The molecule has 2 atom stereocenters. The first-order chi connectivity index (χ1) is 8.94. The number of nitrogens with one attached hydrogen (secondary N) is 1. The van der Waals surface area contributed by atoms with Gasteiger partial charge in [-0.05, 0) is 68.2 Å². The van der Waals surface area contributed by atoms with Crippen LogP contribution in [-0.4, -0.2) is 13.1 Å². The van der Waals surface area contributed by atoms with Crippen LogP contribution in [0, 0.1) is 25.2 Å². The molecule has 2 unspecified atom stereocenters. The molecule has 0 bridgehead atoms. The van der Waals surface area contributed by atoms with Gasteiger partial charge >= 0.3 is 0 Å². The van der Waals surface area contributed by atoms with E-state index in [0.29, 0.717) is 11.5 Å². The first-order valence-electron chi connectivity index (χ1n) is 7.67. The minimum absolute atomic E-state index is 0.493. The molecule has 106 valence electrons. The van der Waals surface area contributed by atoms with Crippen LogP contribution in [-0.2, 0) is 6.42 Å². The van der Waals surface area contributed by atoms with Crippen LogP contribution in [0.4, 0.5) is 0 Å². The maximum absolute atomic E-state index is 3.58. The zero-order valence-corrected chi connectivity index (χ0v) is 13.2. The Morgan fingerprint density at radius 2 is 2.00 bits per heavy atom. The van der Waals surface area contributed by atoms with Gasteiger partial charge in [0.25, 0.3) is 0 Å². The molecule has 0 aromatic heterocycles. The SMILES string of the molecule is CNC(Cc1ccc(C)c(C)c1)C1CCCC1(C)C. The van der Waals surface area contributed by atoms with Gasteiger partial charge in [0.05, 0.1) is 0 Å². The van der Waals surface area contributed by atoms with Crippen molar-refractivity contribution in [3.05, 3.63) is 34.9 Å². The highest BCUT2D eigenvalue weighted by atomic mass is 14.9. The first-order valence-corrected chi connectivity index (χ1v) is 7.67. The quantitative estimate of drug-likeness (QED) is 0.852. The predicted molar refractivity (Wildman–Crippen MR) is 83.6 cm³/mol. The molecule has 1 aromatic carbocycles. The number of likely N-dealkylation sites (N-methyl/N-ethyl adjacent to an activating group) is 1. The third kappa shape index (κ3) is 3.20. The minimum atomic E-state index is 0.493. The maximum atomic E-state index is 3.58. The molecule has 19 heavy (non-hydrogen) atoms. The fourth-order valence-corrected chi connectivity index (χ4v) is 3.73. The third-order valence-electron chi connectivity index (χ3n) is 5.22. The van der Waals surface area contributed by atoms with Crippen LogP contribution in [0.2, 0.25) is 0 Å². The van der Waals surface area contributed by atoms with Crippen molar-refractivity contribution in [2.24, 2.45) is 11.3 Å². The van der Waals surface area contributed by atoms with E-state index in [0.717, 1.165) is 12.3 Å². The van der Waals surface area contributed by atoms with E-state index >= 15 is 0 Å². The van der Waals surface area contributed by atoms with Crippen LogP contribution in [0.1, 0.15) is 49.8 Å². The second-order valence-corrected chi connectivity index (χ2v) is 7.01. The van der Waals surface area contributed by atoms with Crippen molar-refractivity contribution in [1.82, 2.24) is 5.32 Å². The Bertz CT molecular complexity index is 433. The van der Waals surface area contributed by atoms with Gasteiger partial charge in [-0.3, -0.25) is 0 Å². The Morgan fingerprint density at radius 3 is 2.53 bits per heavy atom. The fourth-order valence-electron chi connectivity index (χ4n) is 3.73. The van der Waals surface area contributed by atoms with E-state index in [1.54, 1.807) is 0 Å². The molecule has 0 heterocycles. The molecule has 0 amide bonds. The molecule has 1 fully saturated rings. The van der Waals surface area contributed by atoms with Gasteiger partial charge in [-0.2, -0.15) is 0 Å². The summed E-state index contributed by atoms with van der Waals surface area (Å²) in [5.41, 5.74) is 4.78. The summed E-state index contributed by atoms with van der Waals surface area (Å²) in [4.78, 5) is 0. The number of rotatable bonds is 4. The number of benzene rings is 1. The smallest absolute Gasteiger partial charge is 0.0138 e. The van der Waals surface area contributed by atoms with Crippen LogP contribution in [0.5, 0.6) is 0 Å². The largest absolute Gasteiger partial charge is 0.316 e. The van der Waals surface area contributed by atoms with Gasteiger partial charge in [0.1, 0.15) is 0 Å². The Labute approximate surface area is 118 Å². The summed E-state index contributed by atoms with van der Waals surface area (Å²) < 4.78 is 0. The molecule has 2 rings (SSSR count). The Hall–Kier alpha value is -0.820. The summed E-state index contributed by atoms with van der Waals surface area (Å²) in [6.45, 7) is 9.28. The summed E-state index contributed by atoms with van der Waals surface area (Å²) in [5.74, 6) is 0.805. The monoisotopic (exact) mass is 259 g/mol. The maximum Gasteiger partial charge on any atom is 0.0138 e. The van der Waals surface area contributed by atoms with Crippen LogP contribution in [0.15, 0.2) is 18.2 Å². The van der Waals surface area contributed by atoms with Crippen LogP contribution in [0.25, 0.3) is 0 Å². The highest BCUT2D eigenvalue weighted by Gasteiger charge is 2.38. The molecule has 1 aromatic rings. The van der Waals surface area contributed by atoms with Gasteiger partial charge in [0, 0.05) is 6.04 Å². The third-order valence-corrected chi connectivity index (χ3v) is 5.22. The fraction of sp³-hybridized carbons (Fsp3) is 0.667. The molecule has 1 N–H and O–H groups in total. The molecule has 1 aliphatic carbocycles. The van der Waals surface area contributed by atoms with Crippen molar-refractivity contribution in [2.45, 2.75) is 59.4 Å². The number of hydrogen-bond acceptors (Lipinski definition) is 1. The zero-order chi connectivity index (χ0) is 14.0. The van der Waals surface area contributed by atoms with E-state index in [4.69, 9.17) is 0 Å². The standard InChI is InChI=1S/C18H29N/c1-13-8-9-15(11-14(13)2)12-17(19-5)16-7-6-10-18(16,3)4/h8-9,11,16-17,19H,6-7,10,12H2,1-5H3. The van der Waals surface area contributed by atoms with Crippen LogP contribution < -0.4 is 5.32 Å². The van der Waals surface area contributed by atoms with Gasteiger partial charge in [-0.25, -0.2) is 0 Å². The van der Waals surface area contributed by atoms with E-state index in [1.807, 2.05) is 0 Å². The number of hydrogen-bond donors (Lipinski definition) is 1. The summed E-state index contributed by atoms with van der Waals surface area (Å²) in [5, 5.41) is 3.58.